The molecule has 1 aromatic heterocycles. The van der Waals surface area contributed by atoms with E-state index in [4.69, 9.17) is 9.84 Å². The molecule has 3 N–H and O–H groups in total. The van der Waals surface area contributed by atoms with Crippen LogP contribution in [0.15, 0.2) is 41.1 Å². The molecule has 6 heteroatoms. The molecule has 124 valence electrons. The monoisotopic (exact) mass is 334 g/mol. The Morgan fingerprint density at radius 1 is 1.30 bits per heavy atom. The van der Waals surface area contributed by atoms with Crippen molar-refractivity contribution in [2.45, 2.75) is 19.4 Å². The molecule has 1 atom stereocenters. The van der Waals surface area contributed by atoms with Gasteiger partial charge in [-0.15, -0.1) is 0 Å². The third-order valence-electron chi connectivity index (χ3n) is 3.44. The van der Waals surface area contributed by atoms with Gasteiger partial charge >= 0.3 is 6.03 Å². The van der Waals surface area contributed by atoms with Crippen LogP contribution in [-0.2, 0) is 6.54 Å². The van der Waals surface area contributed by atoms with E-state index in [2.05, 4.69) is 29.0 Å². The van der Waals surface area contributed by atoms with Crippen molar-refractivity contribution in [2.24, 2.45) is 0 Å². The summed E-state index contributed by atoms with van der Waals surface area (Å²) < 4.78 is 5.45. The number of aliphatic hydroxyl groups is 1. The van der Waals surface area contributed by atoms with Gasteiger partial charge in [-0.1, -0.05) is 25.1 Å². The van der Waals surface area contributed by atoms with Gasteiger partial charge in [0.15, 0.2) is 0 Å². The van der Waals surface area contributed by atoms with E-state index in [0.29, 0.717) is 18.8 Å². The Morgan fingerprint density at radius 2 is 2.13 bits per heavy atom. The summed E-state index contributed by atoms with van der Waals surface area (Å²) in [7, 11) is 0. The maximum Gasteiger partial charge on any atom is 0.315 e. The molecule has 0 saturated heterocycles. The second kappa shape index (κ2) is 9.17. The molecule has 1 heterocycles. The predicted molar refractivity (Wildman–Crippen MR) is 92.0 cm³/mol. The average molecular weight is 334 g/mol. The minimum atomic E-state index is -0.205. The molecule has 0 saturated carbocycles. The van der Waals surface area contributed by atoms with Crippen molar-refractivity contribution in [3.05, 3.63) is 52.2 Å². The lowest BCUT2D eigenvalue weighted by molar-refractivity contribution is 0.200. The van der Waals surface area contributed by atoms with Crippen LogP contribution in [0.2, 0.25) is 0 Å². The van der Waals surface area contributed by atoms with Crippen LogP contribution in [-0.4, -0.2) is 30.9 Å². The zero-order chi connectivity index (χ0) is 16.5. The van der Waals surface area contributed by atoms with Crippen LogP contribution in [0.25, 0.3) is 0 Å². The van der Waals surface area contributed by atoms with E-state index < -0.39 is 0 Å². The van der Waals surface area contributed by atoms with Crippen LogP contribution in [0, 0.1) is 0 Å². The summed E-state index contributed by atoms with van der Waals surface area (Å²) in [6, 6.07) is 9.33. The predicted octanol–water partition coefficient (Wildman–Crippen LogP) is 2.72. The van der Waals surface area contributed by atoms with Crippen molar-refractivity contribution in [3.8, 4) is 5.75 Å². The van der Waals surface area contributed by atoms with Gasteiger partial charge in [-0.3, -0.25) is 0 Å². The normalized spacial score (nSPS) is 11.7. The van der Waals surface area contributed by atoms with Crippen LogP contribution in [0.1, 0.15) is 24.0 Å². The Balaban J connectivity index is 1.78. The molecule has 2 aromatic rings. The molecule has 1 unspecified atom stereocenters. The zero-order valence-corrected chi connectivity index (χ0v) is 13.9. The molecule has 1 aromatic carbocycles. The van der Waals surface area contributed by atoms with E-state index in [-0.39, 0.29) is 25.2 Å². The molecule has 0 spiro atoms. The highest BCUT2D eigenvalue weighted by Gasteiger charge is 2.09. The quantitative estimate of drug-likeness (QED) is 0.695. The first-order chi connectivity index (χ1) is 11.2. The largest absolute Gasteiger partial charge is 0.491 e. The van der Waals surface area contributed by atoms with Gasteiger partial charge in [0.1, 0.15) is 12.4 Å². The number of para-hydroxylation sites is 1. The van der Waals surface area contributed by atoms with Crippen molar-refractivity contribution < 1.29 is 14.6 Å². The number of amides is 2. The molecule has 0 aliphatic rings. The summed E-state index contributed by atoms with van der Waals surface area (Å²) in [4.78, 5) is 11.9. The van der Waals surface area contributed by atoms with Crippen LogP contribution in [0.3, 0.4) is 0 Å². The maximum absolute atomic E-state index is 11.9. The third-order valence-corrected chi connectivity index (χ3v) is 4.14. The number of hydrogen-bond acceptors (Lipinski definition) is 4. The van der Waals surface area contributed by atoms with Crippen molar-refractivity contribution >= 4 is 17.4 Å². The number of nitrogens with one attached hydrogen (secondary N) is 2. The van der Waals surface area contributed by atoms with E-state index in [1.807, 2.05) is 29.6 Å². The zero-order valence-electron chi connectivity index (χ0n) is 13.1. The second-order valence-electron chi connectivity index (χ2n) is 5.20. The number of carbonyl (C=O) groups excluding carboxylic acids is 1. The summed E-state index contributed by atoms with van der Waals surface area (Å²) >= 11 is 1.66. The van der Waals surface area contributed by atoms with E-state index in [0.717, 1.165) is 5.56 Å². The minimum absolute atomic E-state index is 0.0390. The van der Waals surface area contributed by atoms with Gasteiger partial charge in [0.2, 0.25) is 0 Å². The first-order valence-corrected chi connectivity index (χ1v) is 8.50. The lowest BCUT2D eigenvalue weighted by Gasteiger charge is -2.14. The molecule has 0 fully saturated rings. The van der Waals surface area contributed by atoms with Crippen molar-refractivity contribution in [1.82, 2.24) is 10.6 Å². The Hall–Kier alpha value is -2.05. The summed E-state index contributed by atoms with van der Waals surface area (Å²) in [5.41, 5.74) is 2.11. The number of hydrogen-bond donors (Lipinski definition) is 3. The number of urea groups is 1. The van der Waals surface area contributed by atoms with E-state index in [1.165, 1.54) is 5.56 Å². The number of ether oxygens (including phenoxy) is 1. The standard InChI is InChI=1S/C17H22N2O3S/c1-13(15-6-9-23-12-15)10-18-17(21)19-11-14-4-2-3-5-16(14)22-8-7-20/h2-6,9,12-13,20H,7-8,10-11H2,1H3,(H2,18,19,21). The molecule has 0 radical (unpaired) electrons. The highest BCUT2D eigenvalue weighted by Crippen LogP contribution is 2.18. The summed E-state index contributed by atoms with van der Waals surface area (Å²) in [5.74, 6) is 0.959. The molecule has 23 heavy (non-hydrogen) atoms. The SMILES string of the molecule is CC(CNC(=O)NCc1ccccc1OCCO)c1ccsc1. The van der Waals surface area contributed by atoms with Gasteiger partial charge in [-0.2, -0.15) is 11.3 Å². The molecule has 2 amide bonds. The third kappa shape index (κ3) is 5.58. The van der Waals surface area contributed by atoms with Crippen molar-refractivity contribution in [2.75, 3.05) is 19.8 Å². The fourth-order valence-corrected chi connectivity index (χ4v) is 2.89. The molecule has 0 aliphatic carbocycles. The topological polar surface area (TPSA) is 70.6 Å². The van der Waals surface area contributed by atoms with Gasteiger partial charge in [-0.25, -0.2) is 4.79 Å². The van der Waals surface area contributed by atoms with Gasteiger partial charge in [0, 0.05) is 18.7 Å². The number of thiophene rings is 1. The number of benzene rings is 1. The number of aliphatic hydroxyl groups excluding tert-OH is 1. The Kier molecular flexibility index (Phi) is 6.90. The van der Waals surface area contributed by atoms with Crippen LogP contribution in [0.4, 0.5) is 4.79 Å². The minimum Gasteiger partial charge on any atom is -0.491 e. The molecule has 0 bridgehead atoms. The smallest absolute Gasteiger partial charge is 0.315 e. The van der Waals surface area contributed by atoms with Gasteiger partial charge in [0.25, 0.3) is 0 Å². The van der Waals surface area contributed by atoms with Crippen LogP contribution >= 0.6 is 11.3 Å². The molecule has 2 rings (SSSR count). The van der Waals surface area contributed by atoms with Crippen LogP contribution < -0.4 is 15.4 Å². The molecular formula is C17H22N2O3S. The van der Waals surface area contributed by atoms with E-state index >= 15 is 0 Å². The van der Waals surface area contributed by atoms with E-state index in [9.17, 15) is 4.79 Å². The summed E-state index contributed by atoms with van der Waals surface area (Å²) in [6.07, 6.45) is 0. The van der Waals surface area contributed by atoms with Crippen molar-refractivity contribution in [1.29, 1.82) is 0 Å². The second-order valence-corrected chi connectivity index (χ2v) is 5.98. The molecule has 5 nitrogen and oxygen atoms in total. The Labute approximate surface area is 140 Å². The Morgan fingerprint density at radius 3 is 2.87 bits per heavy atom. The van der Waals surface area contributed by atoms with E-state index in [1.54, 1.807) is 11.3 Å². The lowest BCUT2D eigenvalue weighted by Crippen LogP contribution is -2.37. The highest BCUT2D eigenvalue weighted by atomic mass is 32.1. The summed E-state index contributed by atoms with van der Waals surface area (Å²) in [6.45, 7) is 3.25. The lowest BCUT2D eigenvalue weighted by atomic mass is 10.1. The highest BCUT2D eigenvalue weighted by molar-refractivity contribution is 7.07. The Bertz CT molecular complexity index is 602. The first kappa shape index (κ1) is 17.3. The number of rotatable bonds is 8. The first-order valence-electron chi connectivity index (χ1n) is 7.56. The van der Waals surface area contributed by atoms with Gasteiger partial charge in [0.05, 0.1) is 6.61 Å². The fraction of sp³-hybridized carbons (Fsp3) is 0.353. The van der Waals surface area contributed by atoms with Crippen LogP contribution in [0.5, 0.6) is 5.75 Å². The van der Waals surface area contributed by atoms with Crippen molar-refractivity contribution in [3.63, 3.8) is 0 Å². The van der Waals surface area contributed by atoms with Gasteiger partial charge < -0.3 is 20.5 Å². The maximum atomic E-state index is 11.9. The fourth-order valence-electron chi connectivity index (χ4n) is 2.10. The van der Waals surface area contributed by atoms with Gasteiger partial charge in [-0.05, 0) is 34.4 Å². The average Bonchev–Trinajstić information content (AvgIpc) is 3.11. The number of carbonyl (C=O) groups is 1. The molecule has 0 aliphatic heterocycles. The molecular weight excluding hydrogens is 312 g/mol. The summed E-state index contributed by atoms with van der Waals surface area (Å²) in [5, 5.41) is 18.7.